The van der Waals surface area contributed by atoms with Crippen LogP contribution < -0.4 is 10.2 Å². The van der Waals surface area contributed by atoms with Gasteiger partial charge in [0.05, 0.1) is 5.75 Å². The predicted molar refractivity (Wildman–Crippen MR) is 81.2 cm³/mol. The third-order valence-electron chi connectivity index (χ3n) is 3.61. The van der Waals surface area contributed by atoms with Gasteiger partial charge in [-0.05, 0) is 12.8 Å². The number of nitrogens with zero attached hydrogens (tertiary/aromatic N) is 3. The summed E-state index contributed by atoms with van der Waals surface area (Å²) in [7, 11) is 0.0176. The van der Waals surface area contributed by atoms with E-state index in [2.05, 4.69) is 15.3 Å². The first-order chi connectivity index (χ1) is 10.4. The molecule has 1 aromatic rings. The van der Waals surface area contributed by atoms with Crippen molar-refractivity contribution in [2.24, 2.45) is 5.41 Å². The van der Waals surface area contributed by atoms with Crippen LogP contribution in [0.1, 0.15) is 18.5 Å². The van der Waals surface area contributed by atoms with Crippen LogP contribution >= 0.6 is 0 Å². The number of sulfone groups is 1. The SMILES string of the molecule is CN(C)c1cc(C(F)(F)F)nc(NCC2(CS(C)(=O)=O)CC2)n1. The number of halogens is 3. The summed E-state index contributed by atoms with van der Waals surface area (Å²) < 4.78 is 61.5. The Morgan fingerprint density at radius 2 is 1.91 bits per heavy atom. The summed E-state index contributed by atoms with van der Waals surface area (Å²) >= 11 is 0. The molecular weight excluding hydrogens is 333 g/mol. The van der Waals surface area contributed by atoms with Gasteiger partial charge in [0.25, 0.3) is 0 Å². The van der Waals surface area contributed by atoms with E-state index in [9.17, 15) is 21.6 Å². The van der Waals surface area contributed by atoms with Crippen molar-refractivity contribution >= 4 is 21.6 Å². The lowest BCUT2D eigenvalue weighted by molar-refractivity contribution is -0.141. The molecule has 1 aromatic heterocycles. The molecule has 1 aliphatic rings. The maximum atomic E-state index is 12.9. The van der Waals surface area contributed by atoms with E-state index in [1.807, 2.05) is 0 Å². The summed E-state index contributed by atoms with van der Waals surface area (Å²) in [5.74, 6) is -0.0157. The zero-order chi connectivity index (χ0) is 17.5. The van der Waals surface area contributed by atoms with E-state index in [0.717, 1.165) is 12.3 Å². The minimum Gasteiger partial charge on any atom is -0.363 e. The van der Waals surface area contributed by atoms with Crippen molar-refractivity contribution in [3.63, 3.8) is 0 Å². The van der Waals surface area contributed by atoms with Gasteiger partial charge in [-0.3, -0.25) is 0 Å². The van der Waals surface area contributed by atoms with Crippen molar-refractivity contribution in [3.05, 3.63) is 11.8 Å². The summed E-state index contributed by atoms with van der Waals surface area (Å²) in [5, 5.41) is 2.76. The number of hydrogen-bond acceptors (Lipinski definition) is 6. The van der Waals surface area contributed by atoms with E-state index in [0.29, 0.717) is 12.8 Å². The van der Waals surface area contributed by atoms with Gasteiger partial charge >= 0.3 is 6.18 Å². The molecule has 130 valence electrons. The summed E-state index contributed by atoms with van der Waals surface area (Å²) in [4.78, 5) is 8.97. The molecule has 0 atom stereocenters. The van der Waals surface area contributed by atoms with Crippen LogP contribution in [0.15, 0.2) is 6.07 Å². The highest BCUT2D eigenvalue weighted by atomic mass is 32.2. The number of aromatic nitrogens is 2. The van der Waals surface area contributed by atoms with Gasteiger partial charge in [-0.1, -0.05) is 0 Å². The van der Waals surface area contributed by atoms with Crippen LogP contribution in [0.25, 0.3) is 0 Å². The monoisotopic (exact) mass is 352 g/mol. The number of anilines is 2. The molecule has 23 heavy (non-hydrogen) atoms. The summed E-state index contributed by atoms with van der Waals surface area (Å²) in [6.45, 7) is 0.230. The van der Waals surface area contributed by atoms with Crippen molar-refractivity contribution in [3.8, 4) is 0 Å². The quantitative estimate of drug-likeness (QED) is 0.841. The van der Waals surface area contributed by atoms with Gasteiger partial charge in [-0.15, -0.1) is 0 Å². The van der Waals surface area contributed by atoms with E-state index < -0.39 is 27.1 Å². The molecule has 0 radical (unpaired) electrons. The number of nitrogens with one attached hydrogen (secondary N) is 1. The minimum absolute atomic E-state index is 0.00645. The van der Waals surface area contributed by atoms with Crippen molar-refractivity contribution in [2.45, 2.75) is 19.0 Å². The van der Waals surface area contributed by atoms with Gasteiger partial charge in [-0.2, -0.15) is 18.2 Å². The fourth-order valence-electron chi connectivity index (χ4n) is 2.26. The molecule has 0 amide bonds. The lowest BCUT2D eigenvalue weighted by Crippen LogP contribution is -2.25. The highest BCUT2D eigenvalue weighted by molar-refractivity contribution is 7.90. The Morgan fingerprint density at radius 1 is 1.30 bits per heavy atom. The van der Waals surface area contributed by atoms with E-state index in [-0.39, 0.29) is 24.1 Å². The Kier molecular flexibility index (Phi) is 4.49. The fraction of sp³-hybridized carbons (Fsp3) is 0.692. The highest BCUT2D eigenvalue weighted by Gasteiger charge is 2.45. The second kappa shape index (κ2) is 5.81. The number of alkyl halides is 3. The number of hydrogen-bond donors (Lipinski definition) is 1. The molecule has 0 bridgehead atoms. The second-order valence-electron chi connectivity index (χ2n) is 6.25. The molecular formula is C13H19F3N4O2S. The Balaban J connectivity index is 2.18. The fourth-order valence-corrected chi connectivity index (χ4v) is 3.76. The maximum Gasteiger partial charge on any atom is 0.433 e. The Hall–Kier alpha value is -1.58. The molecule has 0 spiro atoms. The Morgan fingerprint density at radius 3 is 2.35 bits per heavy atom. The summed E-state index contributed by atoms with van der Waals surface area (Å²) in [6.07, 6.45) is -1.99. The molecule has 6 nitrogen and oxygen atoms in total. The van der Waals surface area contributed by atoms with Crippen LogP contribution in [0.3, 0.4) is 0 Å². The van der Waals surface area contributed by atoms with E-state index in [4.69, 9.17) is 0 Å². The van der Waals surface area contributed by atoms with Crippen LogP contribution in [-0.2, 0) is 16.0 Å². The predicted octanol–water partition coefficient (Wildman–Crippen LogP) is 1.80. The van der Waals surface area contributed by atoms with Crippen molar-refractivity contribution < 1.29 is 21.6 Å². The summed E-state index contributed by atoms with van der Waals surface area (Å²) in [5.41, 5.74) is -1.46. The van der Waals surface area contributed by atoms with Gasteiger partial charge in [0, 0.05) is 38.4 Å². The van der Waals surface area contributed by atoms with Crippen molar-refractivity contribution in [1.82, 2.24) is 9.97 Å². The zero-order valence-corrected chi connectivity index (χ0v) is 13.9. The highest BCUT2D eigenvalue weighted by Crippen LogP contribution is 2.46. The lowest BCUT2D eigenvalue weighted by atomic mass is 10.1. The zero-order valence-electron chi connectivity index (χ0n) is 13.1. The Labute approximate surface area is 133 Å². The van der Waals surface area contributed by atoms with E-state index in [1.54, 1.807) is 14.1 Å². The second-order valence-corrected chi connectivity index (χ2v) is 8.39. The Bertz CT molecular complexity index is 685. The lowest BCUT2D eigenvalue weighted by Gasteiger charge is -2.18. The normalized spacial score (nSPS) is 17.0. The van der Waals surface area contributed by atoms with Gasteiger partial charge in [0.2, 0.25) is 5.95 Å². The first-order valence-electron chi connectivity index (χ1n) is 6.95. The van der Waals surface area contributed by atoms with Gasteiger partial charge < -0.3 is 10.2 Å². The molecule has 0 aromatic carbocycles. The average Bonchev–Trinajstić information content (AvgIpc) is 3.13. The molecule has 1 N–H and O–H groups in total. The van der Waals surface area contributed by atoms with Crippen LogP contribution in [0, 0.1) is 5.41 Å². The third kappa shape index (κ3) is 4.95. The molecule has 1 fully saturated rings. The minimum atomic E-state index is -4.58. The van der Waals surface area contributed by atoms with Crippen molar-refractivity contribution in [1.29, 1.82) is 0 Å². The molecule has 0 aliphatic heterocycles. The van der Waals surface area contributed by atoms with Gasteiger partial charge in [0.15, 0.2) is 5.69 Å². The molecule has 2 rings (SSSR count). The van der Waals surface area contributed by atoms with Crippen LogP contribution in [-0.4, -0.2) is 51.0 Å². The van der Waals surface area contributed by atoms with Crippen molar-refractivity contribution in [2.75, 3.05) is 42.9 Å². The van der Waals surface area contributed by atoms with E-state index in [1.165, 1.54) is 4.90 Å². The summed E-state index contributed by atoms with van der Waals surface area (Å²) in [6, 6.07) is 0.870. The average molecular weight is 352 g/mol. The smallest absolute Gasteiger partial charge is 0.363 e. The van der Waals surface area contributed by atoms with E-state index >= 15 is 0 Å². The van der Waals surface area contributed by atoms with Crippen LogP contribution in [0.2, 0.25) is 0 Å². The molecule has 0 unspecified atom stereocenters. The van der Waals surface area contributed by atoms with Crippen LogP contribution in [0.5, 0.6) is 0 Å². The molecule has 0 saturated heterocycles. The first-order valence-corrected chi connectivity index (χ1v) is 9.02. The standard InChI is InChI=1S/C13H19F3N4O2S/c1-20(2)10-6-9(13(14,15)16)18-11(19-10)17-7-12(4-5-12)8-23(3,21)22/h6H,4-5,7-8H2,1-3H3,(H,17,18,19). The molecule has 1 aliphatic carbocycles. The van der Waals surface area contributed by atoms with Gasteiger partial charge in [0.1, 0.15) is 15.7 Å². The van der Waals surface area contributed by atoms with Crippen LogP contribution in [0.4, 0.5) is 24.9 Å². The number of rotatable bonds is 6. The van der Waals surface area contributed by atoms with Gasteiger partial charge in [-0.25, -0.2) is 13.4 Å². The largest absolute Gasteiger partial charge is 0.433 e. The topological polar surface area (TPSA) is 75.2 Å². The maximum absolute atomic E-state index is 12.9. The molecule has 1 saturated carbocycles. The first kappa shape index (κ1) is 17.8. The molecule has 10 heteroatoms. The third-order valence-corrected chi connectivity index (χ3v) is 4.74. The molecule has 1 heterocycles.